The number of carbonyl (C=O) groups excluding carboxylic acids is 3. The maximum Gasteiger partial charge on any atom is 0.358 e. The number of hydrogen-bond donors (Lipinski definition) is 2. The Labute approximate surface area is 295 Å². The molecule has 49 heavy (non-hydrogen) atoms. The van der Waals surface area contributed by atoms with Gasteiger partial charge in [-0.2, -0.15) is 5.10 Å². The van der Waals surface area contributed by atoms with E-state index in [9.17, 15) is 14.4 Å². The third kappa shape index (κ3) is 16.8. The molecule has 1 aliphatic carbocycles. The summed E-state index contributed by atoms with van der Waals surface area (Å²) >= 11 is 0. The standard InChI is InChI=1S/C29H42N4O5.C6H12O.C4H8/c1-5-10-22(11-6-2)30-28(35)25-17-24(29(36)37-7-3)32-33(25)18-27(34)31-23-16-20(4)14-15-26(23)38-19-21-12-8-9-13-21;1-4-6(2)5-7-3;1-3-4-2/h14-17,21-22H,5-13,18-19H2,1-4H3,(H,30,35)(H,31,34);4,6H,1,5H2,2-3H3;3H,1,4H2,2H3. The van der Waals surface area contributed by atoms with Gasteiger partial charge in [0.05, 0.1) is 25.5 Å². The number of carbonyl (C=O) groups is 3. The van der Waals surface area contributed by atoms with E-state index < -0.39 is 5.97 Å². The summed E-state index contributed by atoms with van der Waals surface area (Å²) in [5.41, 5.74) is 1.68. The molecule has 274 valence electrons. The van der Waals surface area contributed by atoms with E-state index in [-0.39, 0.29) is 42.4 Å². The van der Waals surface area contributed by atoms with Crippen LogP contribution in [0.25, 0.3) is 0 Å². The predicted molar refractivity (Wildman–Crippen MR) is 198 cm³/mol. The molecule has 10 heteroatoms. The van der Waals surface area contributed by atoms with Crippen molar-refractivity contribution in [3.8, 4) is 5.75 Å². The first-order valence-corrected chi connectivity index (χ1v) is 17.9. The van der Waals surface area contributed by atoms with Crippen molar-refractivity contribution in [1.29, 1.82) is 0 Å². The molecule has 0 bridgehead atoms. The molecule has 1 saturated carbocycles. The minimum absolute atomic E-state index is 0.00703. The van der Waals surface area contributed by atoms with Crippen molar-refractivity contribution in [3.05, 3.63) is 66.5 Å². The lowest BCUT2D eigenvalue weighted by Gasteiger charge is -2.18. The first-order valence-electron chi connectivity index (χ1n) is 17.9. The number of nitrogens with one attached hydrogen (secondary N) is 2. The molecule has 2 N–H and O–H groups in total. The second-order valence-electron chi connectivity index (χ2n) is 12.4. The molecule has 2 amide bonds. The van der Waals surface area contributed by atoms with Crippen molar-refractivity contribution in [2.45, 2.75) is 112 Å². The Kier molecular flexibility index (Phi) is 22.1. The summed E-state index contributed by atoms with van der Waals surface area (Å²) in [6, 6.07) is 7.07. The van der Waals surface area contributed by atoms with Gasteiger partial charge in [-0.15, -0.1) is 13.2 Å². The van der Waals surface area contributed by atoms with Gasteiger partial charge in [-0.3, -0.25) is 9.59 Å². The van der Waals surface area contributed by atoms with E-state index in [1.807, 2.05) is 37.3 Å². The third-order valence-electron chi connectivity index (χ3n) is 7.88. The second kappa shape index (κ2) is 25.1. The molecule has 0 radical (unpaired) electrons. The quantitative estimate of drug-likeness (QED) is 0.120. The molecule has 0 aliphatic heterocycles. The molecule has 1 fully saturated rings. The van der Waals surface area contributed by atoms with Gasteiger partial charge in [0.2, 0.25) is 5.91 Å². The Bertz CT molecular complexity index is 1280. The van der Waals surface area contributed by atoms with E-state index in [0.29, 0.717) is 29.9 Å². The van der Waals surface area contributed by atoms with Gasteiger partial charge in [0.25, 0.3) is 5.91 Å². The van der Waals surface area contributed by atoms with E-state index in [1.165, 1.54) is 23.6 Å². The van der Waals surface area contributed by atoms with Gasteiger partial charge in [-0.05, 0) is 75.5 Å². The van der Waals surface area contributed by atoms with Crippen molar-refractivity contribution in [3.63, 3.8) is 0 Å². The Morgan fingerprint density at radius 1 is 1.06 bits per heavy atom. The summed E-state index contributed by atoms with van der Waals surface area (Å²) in [7, 11) is 1.69. The number of anilines is 1. The summed E-state index contributed by atoms with van der Waals surface area (Å²) in [6.07, 6.45) is 13.2. The summed E-state index contributed by atoms with van der Waals surface area (Å²) in [5.74, 6) is 0.251. The zero-order valence-corrected chi connectivity index (χ0v) is 31.1. The summed E-state index contributed by atoms with van der Waals surface area (Å²) in [4.78, 5) is 38.7. The van der Waals surface area contributed by atoms with E-state index in [1.54, 1.807) is 14.0 Å². The van der Waals surface area contributed by atoms with Crippen LogP contribution in [-0.4, -0.2) is 60.5 Å². The maximum absolute atomic E-state index is 13.2. The fraction of sp³-hybridized carbons (Fsp3) is 0.590. The molecule has 1 unspecified atom stereocenters. The van der Waals surface area contributed by atoms with Crippen LogP contribution in [0.15, 0.2) is 49.6 Å². The molecular weight excluding hydrogens is 620 g/mol. The van der Waals surface area contributed by atoms with Crippen LogP contribution in [0.1, 0.15) is 119 Å². The smallest absolute Gasteiger partial charge is 0.358 e. The van der Waals surface area contributed by atoms with Crippen LogP contribution in [-0.2, 0) is 20.8 Å². The van der Waals surface area contributed by atoms with Crippen molar-refractivity contribution in [1.82, 2.24) is 15.1 Å². The third-order valence-corrected chi connectivity index (χ3v) is 7.88. The van der Waals surface area contributed by atoms with Crippen LogP contribution in [0.5, 0.6) is 5.75 Å². The number of hydrogen-bond acceptors (Lipinski definition) is 7. The molecule has 1 aromatic heterocycles. The number of aromatic nitrogens is 2. The average molecular weight is 683 g/mol. The highest BCUT2D eigenvalue weighted by Crippen LogP contribution is 2.30. The van der Waals surface area contributed by atoms with Gasteiger partial charge in [0, 0.05) is 19.2 Å². The predicted octanol–water partition coefficient (Wildman–Crippen LogP) is 8.31. The minimum Gasteiger partial charge on any atom is -0.491 e. The monoisotopic (exact) mass is 682 g/mol. The van der Waals surface area contributed by atoms with Crippen LogP contribution in [0.4, 0.5) is 5.69 Å². The SMILES string of the molecule is C=CC(C)COC.C=CCC.CCCC(CCC)NC(=O)c1cc(C(=O)OCC)nn1CC(=O)Nc1cc(C)ccc1OCC1CCCC1. The first kappa shape index (κ1) is 43.1. The molecule has 10 nitrogen and oxygen atoms in total. The van der Waals surface area contributed by atoms with E-state index >= 15 is 0 Å². The number of esters is 1. The normalized spacial score (nSPS) is 12.9. The first-order chi connectivity index (χ1) is 23.6. The largest absolute Gasteiger partial charge is 0.491 e. The van der Waals surface area contributed by atoms with E-state index in [4.69, 9.17) is 14.2 Å². The molecule has 2 aromatic rings. The van der Waals surface area contributed by atoms with E-state index in [2.05, 4.69) is 56.6 Å². The fourth-order valence-electron chi connectivity index (χ4n) is 5.18. The summed E-state index contributed by atoms with van der Waals surface area (Å²) in [6.45, 7) is 20.3. The van der Waals surface area contributed by atoms with Crippen LogP contribution < -0.4 is 15.4 Å². The van der Waals surface area contributed by atoms with E-state index in [0.717, 1.165) is 57.1 Å². The second-order valence-corrected chi connectivity index (χ2v) is 12.4. The van der Waals surface area contributed by atoms with Crippen LogP contribution >= 0.6 is 0 Å². The highest BCUT2D eigenvalue weighted by molar-refractivity contribution is 5.97. The molecule has 1 aliphatic rings. The number of benzene rings is 1. The lowest BCUT2D eigenvalue weighted by Crippen LogP contribution is -2.36. The molecule has 0 saturated heterocycles. The highest BCUT2D eigenvalue weighted by Gasteiger charge is 2.24. The molecule has 0 spiro atoms. The Morgan fingerprint density at radius 2 is 1.71 bits per heavy atom. The van der Waals surface area contributed by atoms with Crippen LogP contribution in [0.2, 0.25) is 0 Å². The minimum atomic E-state index is -0.638. The molecular formula is C39H62N4O6. The van der Waals surface area contributed by atoms with Crippen molar-refractivity contribution >= 4 is 23.5 Å². The molecule has 1 atom stereocenters. The topological polar surface area (TPSA) is 121 Å². The van der Waals surface area contributed by atoms with Crippen LogP contribution in [0.3, 0.4) is 0 Å². The average Bonchev–Trinajstić information content (AvgIpc) is 3.76. The Balaban J connectivity index is 0.000000942. The number of aryl methyl sites for hydroxylation is 1. The fourth-order valence-corrected chi connectivity index (χ4v) is 5.18. The zero-order valence-electron chi connectivity index (χ0n) is 31.1. The van der Waals surface area contributed by atoms with Gasteiger partial charge in [-0.1, -0.05) is 71.6 Å². The lowest BCUT2D eigenvalue weighted by atomic mass is 10.1. The molecule has 1 heterocycles. The maximum atomic E-state index is 13.2. The number of nitrogens with zero attached hydrogens (tertiary/aromatic N) is 2. The zero-order chi connectivity index (χ0) is 36.6. The summed E-state index contributed by atoms with van der Waals surface area (Å²) in [5, 5.41) is 10.2. The molecule has 3 rings (SSSR count). The lowest BCUT2D eigenvalue weighted by molar-refractivity contribution is -0.116. The number of methoxy groups -OCH3 is 1. The number of amides is 2. The number of allylic oxidation sites excluding steroid dienone is 1. The van der Waals surface area contributed by atoms with Gasteiger partial charge >= 0.3 is 5.97 Å². The van der Waals surface area contributed by atoms with Crippen molar-refractivity contribution < 1.29 is 28.6 Å². The van der Waals surface area contributed by atoms with Crippen molar-refractivity contribution in [2.75, 3.05) is 32.2 Å². The van der Waals surface area contributed by atoms with Gasteiger partial charge < -0.3 is 24.8 Å². The van der Waals surface area contributed by atoms with Gasteiger partial charge in [0.15, 0.2) is 5.69 Å². The number of rotatable bonds is 18. The van der Waals surface area contributed by atoms with Gasteiger partial charge in [-0.25, -0.2) is 9.48 Å². The molecule has 1 aromatic carbocycles. The van der Waals surface area contributed by atoms with Gasteiger partial charge in [0.1, 0.15) is 18.0 Å². The van der Waals surface area contributed by atoms with Crippen molar-refractivity contribution in [2.24, 2.45) is 11.8 Å². The number of ether oxygens (including phenoxy) is 3. The van der Waals surface area contributed by atoms with Crippen LogP contribution in [0, 0.1) is 18.8 Å². The Hall–Kier alpha value is -3.92. The summed E-state index contributed by atoms with van der Waals surface area (Å²) < 4.78 is 17.2. The highest BCUT2D eigenvalue weighted by atomic mass is 16.5. The Morgan fingerprint density at radius 3 is 2.24 bits per heavy atom.